The summed E-state index contributed by atoms with van der Waals surface area (Å²) in [6, 6.07) is 0.548. The van der Waals surface area contributed by atoms with E-state index in [2.05, 4.69) is 4.90 Å². The molecule has 0 aromatic rings. The minimum absolute atomic E-state index is 0.371. The largest absolute Gasteiger partial charge is 0.339 e. The van der Waals surface area contributed by atoms with Gasteiger partial charge in [0.1, 0.15) is 5.78 Å². The highest BCUT2D eigenvalue weighted by Crippen LogP contribution is 2.37. The highest BCUT2D eigenvalue weighted by molar-refractivity contribution is 5.80. The molecule has 0 radical (unpaired) electrons. The van der Waals surface area contributed by atoms with Gasteiger partial charge in [-0.2, -0.15) is 0 Å². The van der Waals surface area contributed by atoms with E-state index >= 15 is 0 Å². The van der Waals surface area contributed by atoms with E-state index in [0.717, 1.165) is 25.3 Å². The molecule has 3 aliphatic rings. The zero-order chi connectivity index (χ0) is 13.2. The molecule has 0 aromatic heterocycles. The van der Waals surface area contributed by atoms with Crippen molar-refractivity contribution in [1.29, 1.82) is 0 Å². The Morgan fingerprint density at radius 3 is 2.58 bits per heavy atom. The quantitative estimate of drug-likeness (QED) is 0.768. The maximum absolute atomic E-state index is 12.5. The number of hydrogen-bond donors (Lipinski definition) is 0. The van der Waals surface area contributed by atoms with Crippen molar-refractivity contribution in [3.05, 3.63) is 0 Å². The van der Waals surface area contributed by atoms with Gasteiger partial charge < -0.3 is 4.90 Å². The molecule has 0 spiro atoms. The Morgan fingerprint density at radius 2 is 1.79 bits per heavy atom. The number of nitrogens with zero attached hydrogens (tertiary/aromatic N) is 1. The third-order valence-corrected chi connectivity index (χ3v) is 5.44. The number of Topliss-reactive ketones (excluding diaryl/α,β-unsaturated/α-hetero) is 1. The summed E-state index contributed by atoms with van der Waals surface area (Å²) in [6.07, 6.45) is 10.3. The smallest absolute Gasteiger partial charge is 0.223 e. The van der Waals surface area contributed by atoms with Gasteiger partial charge >= 0.3 is 0 Å². The van der Waals surface area contributed by atoms with Crippen LogP contribution in [0.25, 0.3) is 0 Å². The summed E-state index contributed by atoms with van der Waals surface area (Å²) in [7, 11) is 0. The molecule has 0 N–H and O–H groups in total. The fourth-order valence-electron chi connectivity index (χ4n) is 4.33. The van der Waals surface area contributed by atoms with Crippen LogP contribution >= 0.6 is 0 Å². The van der Waals surface area contributed by atoms with Gasteiger partial charge in [-0.1, -0.05) is 6.42 Å². The number of hydrogen-bond acceptors (Lipinski definition) is 2. The number of piperidine rings is 1. The Hall–Kier alpha value is -0.860. The second-order valence-corrected chi connectivity index (χ2v) is 6.67. The van der Waals surface area contributed by atoms with E-state index in [1.165, 1.54) is 32.1 Å². The minimum atomic E-state index is 0.371. The fraction of sp³-hybridized carbons (Fsp3) is 0.875. The van der Waals surface area contributed by atoms with Crippen LogP contribution in [0.5, 0.6) is 0 Å². The van der Waals surface area contributed by atoms with Crippen molar-refractivity contribution in [2.75, 3.05) is 6.54 Å². The van der Waals surface area contributed by atoms with Crippen molar-refractivity contribution in [2.45, 2.75) is 70.3 Å². The topological polar surface area (TPSA) is 37.4 Å². The van der Waals surface area contributed by atoms with Crippen LogP contribution in [-0.4, -0.2) is 29.2 Å². The molecule has 3 nitrogen and oxygen atoms in total. The number of amides is 1. The number of fused-ring (bicyclic) bond motifs is 1. The van der Waals surface area contributed by atoms with Gasteiger partial charge in [-0.15, -0.1) is 0 Å². The lowest BCUT2D eigenvalue weighted by atomic mass is 9.85. The molecule has 19 heavy (non-hydrogen) atoms. The lowest BCUT2D eigenvalue weighted by Gasteiger charge is -2.38. The van der Waals surface area contributed by atoms with Gasteiger partial charge in [0.15, 0.2) is 0 Å². The highest BCUT2D eigenvalue weighted by Gasteiger charge is 2.37. The molecule has 0 bridgehead atoms. The first kappa shape index (κ1) is 13.1. The number of likely N-dealkylation sites (tertiary alicyclic amines) is 1. The minimum Gasteiger partial charge on any atom is -0.339 e. The standard InChI is InChI=1S/C16H25NO2/c18-14-8-6-12(7-9-14)11-16(19)17-10-2-4-13-3-1-5-15(13)17/h12-13,15H,1-11H2/t13-,15+/m1/s1. The molecule has 3 rings (SSSR count). The number of carbonyl (C=O) groups excluding carboxylic acids is 2. The Balaban J connectivity index is 1.56. The number of rotatable bonds is 2. The average Bonchev–Trinajstić information content (AvgIpc) is 2.89. The van der Waals surface area contributed by atoms with E-state index in [-0.39, 0.29) is 0 Å². The Bertz CT molecular complexity index is 356. The second kappa shape index (κ2) is 5.64. The van der Waals surface area contributed by atoms with Crippen LogP contribution in [0.2, 0.25) is 0 Å². The van der Waals surface area contributed by atoms with E-state index in [0.29, 0.717) is 42.9 Å². The molecule has 2 saturated carbocycles. The molecule has 1 heterocycles. The predicted molar refractivity (Wildman–Crippen MR) is 73.7 cm³/mol. The van der Waals surface area contributed by atoms with Crippen molar-refractivity contribution in [3.63, 3.8) is 0 Å². The second-order valence-electron chi connectivity index (χ2n) is 6.67. The lowest BCUT2D eigenvalue weighted by molar-refractivity contribution is -0.137. The Kier molecular flexibility index (Phi) is 3.90. The Morgan fingerprint density at radius 1 is 1.05 bits per heavy atom. The average molecular weight is 263 g/mol. The van der Waals surface area contributed by atoms with E-state index in [4.69, 9.17) is 0 Å². The van der Waals surface area contributed by atoms with Crippen LogP contribution in [0.15, 0.2) is 0 Å². The first-order valence-corrected chi connectivity index (χ1v) is 8.05. The van der Waals surface area contributed by atoms with Gasteiger partial charge in [-0.05, 0) is 50.4 Å². The predicted octanol–water partition coefficient (Wildman–Crippen LogP) is 2.93. The van der Waals surface area contributed by atoms with E-state index in [1.54, 1.807) is 0 Å². The first-order chi connectivity index (χ1) is 9.24. The van der Waals surface area contributed by atoms with E-state index < -0.39 is 0 Å². The lowest BCUT2D eigenvalue weighted by Crippen LogP contribution is -2.46. The van der Waals surface area contributed by atoms with Crippen LogP contribution in [-0.2, 0) is 9.59 Å². The summed E-state index contributed by atoms with van der Waals surface area (Å²) < 4.78 is 0. The molecule has 2 aliphatic carbocycles. The summed E-state index contributed by atoms with van der Waals surface area (Å²) in [4.78, 5) is 26.0. The van der Waals surface area contributed by atoms with Gasteiger partial charge in [0.05, 0.1) is 0 Å². The summed E-state index contributed by atoms with van der Waals surface area (Å²) in [5, 5.41) is 0. The summed E-state index contributed by atoms with van der Waals surface area (Å²) in [5.74, 6) is 2.01. The summed E-state index contributed by atoms with van der Waals surface area (Å²) in [6.45, 7) is 0.978. The third-order valence-electron chi connectivity index (χ3n) is 5.44. The van der Waals surface area contributed by atoms with E-state index in [1.807, 2.05) is 0 Å². The van der Waals surface area contributed by atoms with Crippen molar-refractivity contribution in [2.24, 2.45) is 11.8 Å². The van der Waals surface area contributed by atoms with Crippen LogP contribution in [0.4, 0.5) is 0 Å². The zero-order valence-electron chi connectivity index (χ0n) is 11.8. The molecule has 0 unspecified atom stereocenters. The van der Waals surface area contributed by atoms with Crippen molar-refractivity contribution in [1.82, 2.24) is 4.90 Å². The number of ketones is 1. The molecule has 1 amide bonds. The molecule has 2 atom stereocenters. The van der Waals surface area contributed by atoms with Crippen molar-refractivity contribution < 1.29 is 9.59 Å². The summed E-state index contributed by atoms with van der Waals surface area (Å²) >= 11 is 0. The molecule has 0 aromatic carbocycles. The zero-order valence-corrected chi connectivity index (χ0v) is 11.8. The summed E-state index contributed by atoms with van der Waals surface area (Å²) in [5.41, 5.74) is 0. The fourth-order valence-corrected chi connectivity index (χ4v) is 4.33. The van der Waals surface area contributed by atoms with Crippen molar-refractivity contribution >= 4 is 11.7 Å². The van der Waals surface area contributed by atoms with Gasteiger partial charge in [0, 0.05) is 31.8 Å². The van der Waals surface area contributed by atoms with Gasteiger partial charge in [0.2, 0.25) is 5.91 Å². The van der Waals surface area contributed by atoms with Gasteiger partial charge in [0.25, 0.3) is 0 Å². The van der Waals surface area contributed by atoms with Gasteiger partial charge in [-0.3, -0.25) is 9.59 Å². The maximum Gasteiger partial charge on any atom is 0.223 e. The SMILES string of the molecule is O=C1CCC(CC(=O)N2CCC[C@H]3CCC[C@@H]32)CC1. The third kappa shape index (κ3) is 2.85. The van der Waals surface area contributed by atoms with Crippen molar-refractivity contribution in [3.8, 4) is 0 Å². The van der Waals surface area contributed by atoms with Crippen LogP contribution in [0.1, 0.15) is 64.2 Å². The first-order valence-electron chi connectivity index (χ1n) is 8.05. The number of carbonyl (C=O) groups is 2. The van der Waals surface area contributed by atoms with Crippen LogP contribution in [0.3, 0.4) is 0 Å². The normalized spacial score (nSPS) is 32.4. The molecule has 1 saturated heterocycles. The molecular weight excluding hydrogens is 238 g/mol. The van der Waals surface area contributed by atoms with Gasteiger partial charge in [-0.25, -0.2) is 0 Å². The molecular formula is C16H25NO2. The maximum atomic E-state index is 12.5. The monoisotopic (exact) mass is 263 g/mol. The van der Waals surface area contributed by atoms with Crippen LogP contribution < -0.4 is 0 Å². The molecule has 3 fully saturated rings. The highest BCUT2D eigenvalue weighted by atomic mass is 16.2. The molecule has 1 aliphatic heterocycles. The molecule has 106 valence electrons. The molecule has 3 heteroatoms. The van der Waals surface area contributed by atoms with E-state index in [9.17, 15) is 9.59 Å². The Labute approximate surface area is 115 Å². The van der Waals surface area contributed by atoms with Crippen LogP contribution in [0, 0.1) is 11.8 Å².